The van der Waals surface area contributed by atoms with Crippen LogP contribution in [0.5, 0.6) is 5.75 Å². The van der Waals surface area contributed by atoms with Crippen molar-refractivity contribution in [1.82, 2.24) is 5.32 Å². The predicted octanol–water partition coefficient (Wildman–Crippen LogP) is -0.0532. The molecule has 1 aliphatic heterocycles. The van der Waals surface area contributed by atoms with Gasteiger partial charge in [-0.15, -0.1) is 0 Å². The van der Waals surface area contributed by atoms with Gasteiger partial charge in [0.05, 0.1) is 0 Å². The summed E-state index contributed by atoms with van der Waals surface area (Å²) in [5.74, 6) is -0.521. The van der Waals surface area contributed by atoms with Crippen LogP contribution in [0, 0.1) is 0 Å². The molecule has 1 radical (unpaired) electrons. The molecule has 5 heteroatoms. The van der Waals surface area contributed by atoms with Crippen molar-refractivity contribution in [1.29, 1.82) is 0 Å². The Balaban J connectivity index is 2.02. The van der Waals surface area contributed by atoms with Gasteiger partial charge in [0.15, 0.2) is 7.28 Å². The number of benzene rings is 1. The molecule has 1 aliphatic rings. The SMILES string of the molecule is O=C1CCC([B]c2ccc(O)cc2)C(=O)N1. The van der Waals surface area contributed by atoms with E-state index in [1.807, 2.05) is 0 Å². The van der Waals surface area contributed by atoms with Gasteiger partial charge in [-0.25, -0.2) is 0 Å². The lowest BCUT2D eigenvalue weighted by Crippen LogP contribution is -2.42. The zero-order chi connectivity index (χ0) is 11.5. The monoisotopic (exact) mass is 216 g/mol. The molecular formula is C11H11BNO3. The van der Waals surface area contributed by atoms with E-state index in [1.54, 1.807) is 31.5 Å². The lowest BCUT2D eigenvalue weighted by molar-refractivity contribution is -0.132. The zero-order valence-electron chi connectivity index (χ0n) is 8.64. The molecule has 2 N–H and O–H groups in total. The average Bonchev–Trinajstić information content (AvgIpc) is 2.25. The first-order valence-corrected chi connectivity index (χ1v) is 5.13. The van der Waals surface area contributed by atoms with Crippen molar-refractivity contribution in [3.8, 4) is 5.75 Å². The molecule has 4 nitrogen and oxygen atoms in total. The van der Waals surface area contributed by atoms with Gasteiger partial charge in [0, 0.05) is 12.2 Å². The van der Waals surface area contributed by atoms with Crippen LogP contribution in [0.15, 0.2) is 24.3 Å². The third-order valence-electron chi connectivity index (χ3n) is 2.57. The van der Waals surface area contributed by atoms with E-state index in [0.29, 0.717) is 12.8 Å². The Hall–Kier alpha value is -1.78. The lowest BCUT2D eigenvalue weighted by atomic mass is 9.56. The molecule has 1 atom stereocenters. The van der Waals surface area contributed by atoms with E-state index in [9.17, 15) is 9.59 Å². The topological polar surface area (TPSA) is 66.4 Å². The van der Waals surface area contributed by atoms with Gasteiger partial charge < -0.3 is 5.11 Å². The Morgan fingerprint density at radius 2 is 1.94 bits per heavy atom. The maximum absolute atomic E-state index is 11.5. The van der Waals surface area contributed by atoms with E-state index in [2.05, 4.69) is 5.32 Å². The minimum Gasteiger partial charge on any atom is -0.508 e. The van der Waals surface area contributed by atoms with Gasteiger partial charge in [-0.3, -0.25) is 14.9 Å². The molecule has 1 unspecified atom stereocenters. The number of amides is 2. The van der Waals surface area contributed by atoms with Gasteiger partial charge in [-0.05, 0) is 18.6 Å². The number of rotatable bonds is 2. The number of imide groups is 1. The third-order valence-corrected chi connectivity index (χ3v) is 2.57. The second-order valence-electron chi connectivity index (χ2n) is 3.82. The standard InChI is InChI=1S/C11H11BNO3/c14-8-3-1-7(2-4-8)12-9-5-6-10(15)13-11(9)16/h1-4,9,14H,5-6H2,(H,13,15,16). The molecule has 1 aromatic carbocycles. The normalized spacial score (nSPS) is 20.4. The van der Waals surface area contributed by atoms with Crippen LogP contribution >= 0.6 is 0 Å². The smallest absolute Gasteiger partial charge is 0.226 e. The number of phenolic OH excluding ortho intramolecular Hbond substituents is 1. The van der Waals surface area contributed by atoms with E-state index in [1.165, 1.54) is 0 Å². The summed E-state index contributed by atoms with van der Waals surface area (Å²) in [5, 5.41) is 11.4. The highest BCUT2D eigenvalue weighted by atomic mass is 16.3. The highest BCUT2D eigenvalue weighted by Crippen LogP contribution is 2.17. The molecular weight excluding hydrogens is 205 g/mol. The van der Waals surface area contributed by atoms with E-state index >= 15 is 0 Å². The Labute approximate surface area is 93.9 Å². The molecule has 2 rings (SSSR count). The van der Waals surface area contributed by atoms with E-state index < -0.39 is 0 Å². The van der Waals surface area contributed by atoms with Crippen LogP contribution in [-0.4, -0.2) is 24.2 Å². The van der Waals surface area contributed by atoms with Crippen molar-refractivity contribution < 1.29 is 14.7 Å². The highest BCUT2D eigenvalue weighted by molar-refractivity contribution is 6.59. The molecule has 0 bridgehead atoms. The average molecular weight is 216 g/mol. The summed E-state index contributed by atoms with van der Waals surface area (Å²) in [5.41, 5.74) is 0.868. The van der Waals surface area contributed by atoms with Crippen LogP contribution in [0.1, 0.15) is 12.8 Å². The molecule has 0 aromatic heterocycles. The molecule has 81 valence electrons. The summed E-state index contributed by atoms with van der Waals surface area (Å²) in [4.78, 5) is 22.4. The fraction of sp³-hybridized carbons (Fsp3) is 0.273. The van der Waals surface area contributed by atoms with Crippen LogP contribution < -0.4 is 10.8 Å². The van der Waals surface area contributed by atoms with Crippen molar-refractivity contribution >= 4 is 24.6 Å². The molecule has 0 aliphatic carbocycles. The molecule has 1 aromatic rings. The Morgan fingerprint density at radius 1 is 1.25 bits per heavy atom. The Bertz CT molecular complexity index is 416. The molecule has 0 saturated carbocycles. The van der Waals surface area contributed by atoms with Gasteiger partial charge in [0.1, 0.15) is 5.75 Å². The van der Waals surface area contributed by atoms with Crippen molar-refractivity contribution in [2.75, 3.05) is 0 Å². The number of carbonyl (C=O) groups excluding carboxylic acids is 2. The molecule has 2 amide bonds. The lowest BCUT2D eigenvalue weighted by Gasteiger charge is -2.19. The van der Waals surface area contributed by atoms with Crippen molar-refractivity contribution in [3.05, 3.63) is 24.3 Å². The minimum atomic E-state index is -0.262. The molecule has 16 heavy (non-hydrogen) atoms. The quantitative estimate of drug-likeness (QED) is 0.537. The highest BCUT2D eigenvalue weighted by Gasteiger charge is 2.27. The van der Waals surface area contributed by atoms with Crippen LogP contribution in [0.25, 0.3) is 0 Å². The van der Waals surface area contributed by atoms with Gasteiger partial charge >= 0.3 is 0 Å². The number of hydrogen-bond donors (Lipinski definition) is 2. The van der Waals surface area contributed by atoms with Crippen molar-refractivity contribution in [2.24, 2.45) is 0 Å². The number of carbonyl (C=O) groups is 2. The minimum absolute atomic E-state index is 0.195. The Kier molecular flexibility index (Phi) is 2.94. The summed E-state index contributed by atoms with van der Waals surface area (Å²) in [6, 6.07) is 6.60. The molecule has 1 saturated heterocycles. The molecule has 1 fully saturated rings. The van der Waals surface area contributed by atoms with E-state index in [-0.39, 0.29) is 23.4 Å². The van der Waals surface area contributed by atoms with E-state index in [4.69, 9.17) is 5.11 Å². The van der Waals surface area contributed by atoms with Gasteiger partial charge in [0.25, 0.3) is 0 Å². The van der Waals surface area contributed by atoms with Crippen LogP contribution in [-0.2, 0) is 9.59 Å². The van der Waals surface area contributed by atoms with Gasteiger partial charge in [-0.2, -0.15) is 0 Å². The second-order valence-corrected chi connectivity index (χ2v) is 3.82. The summed E-state index contributed by atoms with van der Waals surface area (Å²) >= 11 is 0. The second kappa shape index (κ2) is 4.39. The summed E-state index contributed by atoms with van der Waals surface area (Å²) in [6.07, 6.45) is 0.927. The summed E-state index contributed by atoms with van der Waals surface area (Å²) < 4.78 is 0. The third kappa shape index (κ3) is 2.42. The maximum atomic E-state index is 11.5. The summed E-state index contributed by atoms with van der Waals surface area (Å²) in [7, 11) is 1.81. The number of hydrogen-bond acceptors (Lipinski definition) is 3. The fourth-order valence-electron chi connectivity index (χ4n) is 1.69. The largest absolute Gasteiger partial charge is 0.508 e. The first kappa shape index (κ1) is 10.7. The predicted molar refractivity (Wildman–Crippen MR) is 59.6 cm³/mol. The van der Waals surface area contributed by atoms with Crippen LogP contribution in [0.2, 0.25) is 5.82 Å². The number of phenols is 1. The first-order chi connectivity index (χ1) is 7.65. The number of nitrogens with one attached hydrogen (secondary N) is 1. The number of aromatic hydroxyl groups is 1. The number of piperidine rings is 1. The fourth-order valence-corrected chi connectivity index (χ4v) is 1.69. The van der Waals surface area contributed by atoms with Crippen LogP contribution in [0.4, 0.5) is 0 Å². The van der Waals surface area contributed by atoms with Crippen molar-refractivity contribution in [3.63, 3.8) is 0 Å². The molecule has 0 spiro atoms. The Morgan fingerprint density at radius 3 is 2.56 bits per heavy atom. The van der Waals surface area contributed by atoms with Gasteiger partial charge in [-0.1, -0.05) is 17.6 Å². The van der Waals surface area contributed by atoms with Crippen molar-refractivity contribution in [2.45, 2.75) is 18.7 Å². The van der Waals surface area contributed by atoms with Gasteiger partial charge in [0.2, 0.25) is 11.8 Å². The van der Waals surface area contributed by atoms with E-state index in [0.717, 1.165) is 5.46 Å². The maximum Gasteiger partial charge on any atom is 0.226 e. The first-order valence-electron chi connectivity index (χ1n) is 5.13. The zero-order valence-corrected chi connectivity index (χ0v) is 8.64. The molecule has 1 heterocycles. The summed E-state index contributed by atoms with van der Waals surface area (Å²) in [6.45, 7) is 0. The van der Waals surface area contributed by atoms with Crippen LogP contribution in [0.3, 0.4) is 0 Å².